The SMILES string of the molecule is CC#CCOc1ccc(C(=O)N[C@H](C(=O)OCCCCC)[C@@H](N)C(F)(F)F)cc1. The minimum absolute atomic E-state index is 0.0390. The molecule has 9 heteroatoms. The zero-order chi connectivity index (χ0) is 21.9. The molecule has 0 saturated carbocycles. The molecule has 0 aliphatic carbocycles. The molecule has 2 atom stereocenters. The van der Waals surface area contributed by atoms with Crippen LogP contribution in [-0.2, 0) is 9.53 Å². The minimum Gasteiger partial charge on any atom is -0.481 e. The molecule has 0 bridgehead atoms. The third-order valence-corrected chi connectivity index (χ3v) is 3.87. The Labute approximate surface area is 167 Å². The number of hydrogen-bond acceptors (Lipinski definition) is 5. The number of hydrogen-bond donors (Lipinski definition) is 2. The van der Waals surface area contributed by atoms with Crippen LogP contribution in [0.3, 0.4) is 0 Å². The van der Waals surface area contributed by atoms with Gasteiger partial charge in [-0.15, -0.1) is 5.92 Å². The predicted octanol–water partition coefficient (Wildman–Crippen LogP) is 2.81. The summed E-state index contributed by atoms with van der Waals surface area (Å²) in [6.07, 6.45) is -2.77. The predicted molar refractivity (Wildman–Crippen MR) is 101 cm³/mol. The van der Waals surface area contributed by atoms with Crippen molar-refractivity contribution in [2.24, 2.45) is 5.73 Å². The highest BCUT2D eigenvalue weighted by atomic mass is 19.4. The topological polar surface area (TPSA) is 90.6 Å². The average Bonchev–Trinajstić information content (AvgIpc) is 2.68. The zero-order valence-electron chi connectivity index (χ0n) is 16.3. The molecule has 29 heavy (non-hydrogen) atoms. The van der Waals surface area contributed by atoms with Crippen LogP contribution in [0.1, 0.15) is 43.5 Å². The minimum atomic E-state index is -4.89. The summed E-state index contributed by atoms with van der Waals surface area (Å²) in [5.41, 5.74) is 5.21. The van der Waals surface area contributed by atoms with Crippen LogP contribution in [0.2, 0.25) is 0 Å². The van der Waals surface area contributed by atoms with Crippen LogP contribution in [0.25, 0.3) is 0 Å². The van der Waals surface area contributed by atoms with E-state index in [4.69, 9.17) is 15.2 Å². The number of carbonyl (C=O) groups excluding carboxylic acids is 2. The van der Waals surface area contributed by atoms with Crippen molar-refractivity contribution in [3.05, 3.63) is 29.8 Å². The van der Waals surface area contributed by atoms with Crippen LogP contribution in [0, 0.1) is 11.8 Å². The quantitative estimate of drug-likeness (QED) is 0.349. The number of ether oxygens (including phenoxy) is 2. The lowest BCUT2D eigenvalue weighted by atomic mass is 10.1. The van der Waals surface area contributed by atoms with Crippen molar-refractivity contribution in [2.75, 3.05) is 13.2 Å². The standard InChI is InChI=1S/C20H25F3N2O4/c1-3-5-7-13-29-19(27)16(17(24)20(21,22)23)25-18(26)14-8-10-15(11-9-14)28-12-6-4-2/h8-11,16-17H,3,5,7,12-13,24H2,1-2H3,(H,25,26)/t16-,17+/m0/s1. The lowest BCUT2D eigenvalue weighted by molar-refractivity contribution is -0.169. The lowest BCUT2D eigenvalue weighted by Crippen LogP contribution is -2.59. The van der Waals surface area contributed by atoms with Crippen molar-refractivity contribution in [1.29, 1.82) is 0 Å². The number of alkyl halides is 3. The molecule has 0 radical (unpaired) electrons. The molecule has 1 aromatic rings. The molecule has 0 aliphatic rings. The summed E-state index contributed by atoms with van der Waals surface area (Å²) in [7, 11) is 0. The van der Waals surface area contributed by atoms with Gasteiger partial charge in [0.1, 0.15) is 18.4 Å². The van der Waals surface area contributed by atoms with Crippen molar-refractivity contribution in [3.8, 4) is 17.6 Å². The normalized spacial score (nSPS) is 12.9. The third kappa shape index (κ3) is 8.44. The number of halogens is 3. The van der Waals surface area contributed by atoms with E-state index < -0.39 is 30.1 Å². The van der Waals surface area contributed by atoms with Crippen LogP contribution in [-0.4, -0.2) is 43.4 Å². The fourth-order valence-corrected chi connectivity index (χ4v) is 2.22. The van der Waals surface area contributed by atoms with Gasteiger partial charge in [0.2, 0.25) is 0 Å². The summed E-state index contributed by atoms with van der Waals surface area (Å²) in [4.78, 5) is 24.4. The number of unbranched alkanes of at least 4 members (excludes halogenated alkanes) is 2. The monoisotopic (exact) mass is 414 g/mol. The second kappa shape index (κ2) is 12.0. The fourth-order valence-electron chi connectivity index (χ4n) is 2.22. The van der Waals surface area contributed by atoms with Gasteiger partial charge < -0.3 is 20.5 Å². The molecule has 0 heterocycles. The lowest BCUT2D eigenvalue weighted by Gasteiger charge is -2.25. The summed E-state index contributed by atoms with van der Waals surface area (Å²) in [6.45, 7) is 3.70. The molecule has 0 aromatic heterocycles. The van der Waals surface area contributed by atoms with E-state index in [0.717, 1.165) is 12.8 Å². The van der Waals surface area contributed by atoms with Gasteiger partial charge in [-0.05, 0) is 37.6 Å². The molecule has 1 rings (SSSR count). The number of benzene rings is 1. The highest BCUT2D eigenvalue weighted by molar-refractivity contribution is 5.97. The Bertz CT molecular complexity index is 724. The van der Waals surface area contributed by atoms with Crippen LogP contribution >= 0.6 is 0 Å². The highest BCUT2D eigenvalue weighted by Crippen LogP contribution is 2.22. The Kier molecular flexibility index (Phi) is 10.0. The van der Waals surface area contributed by atoms with Crippen molar-refractivity contribution < 1.29 is 32.2 Å². The van der Waals surface area contributed by atoms with Crippen molar-refractivity contribution in [2.45, 2.75) is 51.4 Å². The van der Waals surface area contributed by atoms with E-state index in [2.05, 4.69) is 11.8 Å². The second-order valence-corrected chi connectivity index (χ2v) is 6.13. The van der Waals surface area contributed by atoms with Crippen molar-refractivity contribution >= 4 is 11.9 Å². The molecular formula is C20H25F3N2O4. The molecule has 0 fully saturated rings. The summed E-state index contributed by atoms with van der Waals surface area (Å²) in [5.74, 6) is 3.68. The molecular weight excluding hydrogens is 389 g/mol. The van der Waals surface area contributed by atoms with Gasteiger partial charge in [0, 0.05) is 5.56 Å². The van der Waals surface area contributed by atoms with Gasteiger partial charge in [-0.25, -0.2) is 4.79 Å². The van der Waals surface area contributed by atoms with Gasteiger partial charge in [0.25, 0.3) is 5.91 Å². The van der Waals surface area contributed by atoms with Crippen LogP contribution in [0.4, 0.5) is 13.2 Å². The van der Waals surface area contributed by atoms with E-state index in [9.17, 15) is 22.8 Å². The second-order valence-electron chi connectivity index (χ2n) is 6.13. The smallest absolute Gasteiger partial charge is 0.406 e. The van der Waals surface area contributed by atoms with E-state index in [-0.39, 0.29) is 18.8 Å². The Morgan fingerprint density at radius 3 is 2.41 bits per heavy atom. The Balaban J connectivity index is 2.84. The Morgan fingerprint density at radius 2 is 1.86 bits per heavy atom. The summed E-state index contributed by atoms with van der Waals surface area (Å²) in [5, 5.41) is 2.03. The van der Waals surface area contributed by atoms with Gasteiger partial charge in [0.05, 0.1) is 6.61 Å². The van der Waals surface area contributed by atoms with Gasteiger partial charge >= 0.3 is 12.1 Å². The first-order valence-corrected chi connectivity index (χ1v) is 9.13. The maximum atomic E-state index is 13.0. The zero-order valence-corrected chi connectivity index (χ0v) is 16.3. The molecule has 0 unspecified atom stereocenters. The summed E-state index contributed by atoms with van der Waals surface area (Å²) in [6, 6.07) is 0.988. The average molecular weight is 414 g/mol. The summed E-state index contributed by atoms with van der Waals surface area (Å²) >= 11 is 0. The van der Waals surface area contributed by atoms with Gasteiger partial charge in [0.15, 0.2) is 6.04 Å². The molecule has 0 saturated heterocycles. The summed E-state index contributed by atoms with van der Waals surface area (Å²) < 4.78 is 49.3. The van der Waals surface area contributed by atoms with E-state index in [0.29, 0.717) is 12.2 Å². The molecule has 3 N–H and O–H groups in total. The molecule has 0 spiro atoms. The Morgan fingerprint density at radius 1 is 1.21 bits per heavy atom. The number of carbonyl (C=O) groups is 2. The first-order chi connectivity index (χ1) is 13.7. The molecule has 1 aromatic carbocycles. The first-order valence-electron chi connectivity index (χ1n) is 9.13. The largest absolute Gasteiger partial charge is 0.481 e. The van der Waals surface area contributed by atoms with E-state index in [1.165, 1.54) is 24.3 Å². The molecule has 6 nitrogen and oxygen atoms in total. The maximum Gasteiger partial charge on any atom is 0.406 e. The van der Waals surface area contributed by atoms with Crippen molar-refractivity contribution in [1.82, 2.24) is 5.32 Å². The van der Waals surface area contributed by atoms with Crippen LogP contribution < -0.4 is 15.8 Å². The van der Waals surface area contributed by atoms with Crippen LogP contribution in [0.5, 0.6) is 5.75 Å². The Hall–Kier alpha value is -2.73. The van der Waals surface area contributed by atoms with E-state index in [1.54, 1.807) is 6.92 Å². The van der Waals surface area contributed by atoms with Gasteiger partial charge in [-0.2, -0.15) is 13.2 Å². The van der Waals surface area contributed by atoms with Crippen molar-refractivity contribution in [3.63, 3.8) is 0 Å². The van der Waals surface area contributed by atoms with Gasteiger partial charge in [-0.3, -0.25) is 4.79 Å². The third-order valence-electron chi connectivity index (χ3n) is 3.87. The van der Waals surface area contributed by atoms with Crippen LogP contribution in [0.15, 0.2) is 24.3 Å². The number of esters is 1. The van der Waals surface area contributed by atoms with Gasteiger partial charge in [-0.1, -0.05) is 25.7 Å². The number of amides is 1. The number of nitrogens with one attached hydrogen (secondary N) is 1. The molecule has 0 aliphatic heterocycles. The van der Waals surface area contributed by atoms with E-state index in [1.807, 2.05) is 12.2 Å². The molecule has 1 amide bonds. The fraction of sp³-hybridized carbons (Fsp3) is 0.500. The first kappa shape index (κ1) is 24.3. The van der Waals surface area contributed by atoms with E-state index >= 15 is 0 Å². The number of nitrogens with two attached hydrogens (primary N) is 1. The molecule has 160 valence electrons. The highest BCUT2D eigenvalue weighted by Gasteiger charge is 2.46. The maximum absolute atomic E-state index is 13.0. The number of rotatable bonds is 10.